The zero-order valence-electron chi connectivity index (χ0n) is 26.2. The Bertz CT molecular complexity index is 878. The van der Waals surface area contributed by atoms with Crippen LogP contribution in [0, 0.1) is 5.41 Å². The lowest BCUT2D eigenvalue weighted by Gasteiger charge is -2.19. The van der Waals surface area contributed by atoms with Gasteiger partial charge >= 0.3 is 0 Å². The Morgan fingerprint density at radius 3 is 1.95 bits per heavy atom. The molecular weight excluding hydrogens is 504 g/mol. The largest absolute Gasteiger partial charge is 0.495 e. The Kier molecular flexibility index (Phi) is 18.2. The summed E-state index contributed by atoms with van der Waals surface area (Å²) in [6, 6.07) is 5.09. The van der Waals surface area contributed by atoms with Crippen molar-refractivity contribution in [2.75, 3.05) is 24.4 Å². The fraction of sp³-hybridized carbons (Fsp3) is 0.727. The Balaban J connectivity index is 2.70. The quantitative estimate of drug-likeness (QED) is 0.110. The Morgan fingerprint density at radius 2 is 1.38 bits per heavy atom. The van der Waals surface area contributed by atoms with E-state index < -0.39 is 17.4 Å². The molecule has 0 aromatic heterocycles. The van der Waals surface area contributed by atoms with E-state index in [1.165, 1.54) is 58.5 Å². The molecule has 228 valence electrons. The van der Waals surface area contributed by atoms with E-state index in [4.69, 9.17) is 9.47 Å². The number of nitrogens with one attached hydrogen (secondary N) is 2. The van der Waals surface area contributed by atoms with E-state index >= 15 is 0 Å². The van der Waals surface area contributed by atoms with Crippen LogP contribution in [0.15, 0.2) is 18.2 Å². The van der Waals surface area contributed by atoms with Crippen LogP contribution in [0.2, 0.25) is 0 Å². The Morgan fingerprint density at radius 1 is 0.800 bits per heavy atom. The van der Waals surface area contributed by atoms with Crippen LogP contribution in [0.3, 0.4) is 0 Å². The monoisotopic (exact) mass is 560 g/mol. The molecule has 0 aliphatic carbocycles. The van der Waals surface area contributed by atoms with Gasteiger partial charge in [-0.3, -0.25) is 14.4 Å². The second kappa shape index (κ2) is 20.5. The number of ketones is 1. The maximum Gasteiger partial charge on any atom is 0.253 e. The zero-order chi connectivity index (χ0) is 29.8. The highest BCUT2D eigenvalue weighted by Gasteiger charge is 2.24. The summed E-state index contributed by atoms with van der Waals surface area (Å²) >= 11 is 0. The van der Waals surface area contributed by atoms with Crippen molar-refractivity contribution in [2.24, 2.45) is 5.41 Å². The van der Waals surface area contributed by atoms with Crippen molar-refractivity contribution in [3.63, 3.8) is 0 Å². The number of unbranched alkanes of at least 4 members (excludes halogenated alkanes) is 11. The van der Waals surface area contributed by atoms with E-state index in [-0.39, 0.29) is 18.1 Å². The number of amides is 2. The fourth-order valence-corrected chi connectivity index (χ4v) is 4.40. The zero-order valence-corrected chi connectivity index (χ0v) is 26.2. The Hall–Kier alpha value is -2.41. The minimum Gasteiger partial charge on any atom is -0.495 e. The molecule has 0 bridgehead atoms. The van der Waals surface area contributed by atoms with Crippen molar-refractivity contribution < 1.29 is 23.9 Å². The molecule has 1 rings (SSSR count). The second-order valence-electron chi connectivity index (χ2n) is 11.8. The van der Waals surface area contributed by atoms with E-state index in [2.05, 4.69) is 24.5 Å². The van der Waals surface area contributed by atoms with Crippen molar-refractivity contribution in [3.05, 3.63) is 18.2 Å². The number of benzene rings is 1. The molecule has 0 spiro atoms. The van der Waals surface area contributed by atoms with Crippen LogP contribution in [0.4, 0.5) is 11.4 Å². The van der Waals surface area contributed by atoms with E-state index in [1.54, 1.807) is 39.0 Å². The van der Waals surface area contributed by atoms with Gasteiger partial charge in [-0.25, -0.2) is 0 Å². The molecule has 0 radical (unpaired) electrons. The average molecular weight is 561 g/mol. The highest BCUT2D eigenvalue weighted by molar-refractivity contribution is 6.06. The fourth-order valence-electron chi connectivity index (χ4n) is 4.40. The molecule has 0 saturated carbocycles. The molecule has 1 atom stereocenters. The van der Waals surface area contributed by atoms with Gasteiger partial charge < -0.3 is 20.1 Å². The maximum atomic E-state index is 13.2. The number of methoxy groups -OCH3 is 1. The predicted octanol–water partition coefficient (Wildman–Crippen LogP) is 8.46. The third-order valence-corrected chi connectivity index (χ3v) is 7.08. The summed E-state index contributed by atoms with van der Waals surface area (Å²) in [7, 11) is 1.51. The van der Waals surface area contributed by atoms with Crippen molar-refractivity contribution in [3.8, 4) is 5.75 Å². The van der Waals surface area contributed by atoms with Gasteiger partial charge in [0.05, 0.1) is 19.2 Å². The lowest BCUT2D eigenvalue weighted by Crippen LogP contribution is -2.31. The summed E-state index contributed by atoms with van der Waals surface area (Å²) in [6.07, 6.45) is 15.5. The van der Waals surface area contributed by atoms with Crippen LogP contribution in [0.25, 0.3) is 0 Å². The first-order chi connectivity index (χ1) is 19.1. The number of hydrogen-bond acceptors (Lipinski definition) is 5. The molecule has 7 heteroatoms. The molecule has 40 heavy (non-hydrogen) atoms. The molecule has 1 aromatic carbocycles. The Labute approximate surface area is 243 Å². The minimum absolute atomic E-state index is 0.150. The molecule has 1 unspecified atom stereocenters. The van der Waals surface area contributed by atoms with E-state index in [1.807, 2.05) is 0 Å². The van der Waals surface area contributed by atoms with Gasteiger partial charge in [-0.05, 0) is 31.0 Å². The topological polar surface area (TPSA) is 93.7 Å². The molecule has 0 fully saturated rings. The van der Waals surface area contributed by atoms with Gasteiger partial charge in [0.15, 0.2) is 0 Å². The van der Waals surface area contributed by atoms with Crippen molar-refractivity contribution >= 4 is 29.0 Å². The predicted molar refractivity (Wildman–Crippen MR) is 165 cm³/mol. The summed E-state index contributed by atoms with van der Waals surface area (Å²) in [6.45, 7) is 10.3. The minimum atomic E-state index is -0.600. The van der Waals surface area contributed by atoms with Gasteiger partial charge in [-0.1, -0.05) is 112 Å². The van der Waals surface area contributed by atoms with Gasteiger partial charge in [0.2, 0.25) is 5.91 Å². The summed E-state index contributed by atoms with van der Waals surface area (Å²) in [4.78, 5) is 38.0. The molecule has 0 saturated heterocycles. The van der Waals surface area contributed by atoms with Gasteiger partial charge in [0.1, 0.15) is 17.6 Å². The third-order valence-electron chi connectivity index (χ3n) is 7.08. The normalized spacial score (nSPS) is 12.2. The second-order valence-corrected chi connectivity index (χ2v) is 11.8. The summed E-state index contributed by atoms with van der Waals surface area (Å²) < 4.78 is 11.4. The van der Waals surface area contributed by atoms with Crippen LogP contribution >= 0.6 is 0 Å². The molecule has 7 nitrogen and oxygen atoms in total. The van der Waals surface area contributed by atoms with Crippen molar-refractivity contribution in [1.29, 1.82) is 0 Å². The van der Waals surface area contributed by atoms with Gasteiger partial charge in [0, 0.05) is 17.7 Å². The van der Waals surface area contributed by atoms with Crippen molar-refractivity contribution in [1.82, 2.24) is 0 Å². The number of hydrogen-bond donors (Lipinski definition) is 2. The molecule has 1 aromatic rings. The van der Waals surface area contributed by atoms with Gasteiger partial charge in [-0.2, -0.15) is 0 Å². The van der Waals surface area contributed by atoms with Gasteiger partial charge in [-0.15, -0.1) is 0 Å². The molecule has 0 aliphatic heterocycles. The van der Waals surface area contributed by atoms with Crippen LogP contribution in [-0.4, -0.2) is 37.4 Å². The van der Waals surface area contributed by atoms with Crippen LogP contribution in [0.5, 0.6) is 5.75 Å². The van der Waals surface area contributed by atoms with E-state index in [9.17, 15) is 14.4 Å². The first-order valence-electron chi connectivity index (χ1n) is 15.6. The third kappa shape index (κ3) is 15.4. The SMILES string of the molecule is CCCCCCCCCCCCC(OCCCCC)C(=O)Nc1ccc(OC)c(NC(=O)CC(=O)C(C)(C)C)c1. The highest BCUT2D eigenvalue weighted by atomic mass is 16.5. The molecule has 2 N–H and O–H groups in total. The average Bonchev–Trinajstić information content (AvgIpc) is 2.90. The van der Waals surface area contributed by atoms with Crippen LogP contribution < -0.4 is 15.4 Å². The molecular formula is C33H56N2O5. The molecule has 2 amide bonds. The number of Topliss-reactive ketones (excluding diaryl/α,β-unsaturated/α-hetero) is 1. The summed E-state index contributed by atoms with van der Waals surface area (Å²) in [5.74, 6) is -0.298. The van der Waals surface area contributed by atoms with Gasteiger partial charge in [0.25, 0.3) is 5.91 Å². The lowest BCUT2D eigenvalue weighted by atomic mass is 9.89. The van der Waals surface area contributed by atoms with E-state index in [0.29, 0.717) is 30.2 Å². The lowest BCUT2D eigenvalue weighted by molar-refractivity contribution is -0.130. The van der Waals surface area contributed by atoms with Crippen LogP contribution in [-0.2, 0) is 19.1 Å². The molecule has 0 heterocycles. The maximum absolute atomic E-state index is 13.2. The summed E-state index contributed by atoms with van der Waals surface area (Å²) in [5, 5.41) is 5.72. The van der Waals surface area contributed by atoms with Crippen molar-refractivity contribution in [2.45, 2.75) is 137 Å². The number of ether oxygens (including phenoxy) is 2. The number of rotatable bonds is 22. The number of carbonyl (C=O) groups excluding carboxylic acids is 3. The van der Waals surface area contributed by atoms with Crippen LogP contribution in [0.1, 0.15) is 131 Å². The number of carbonyl (C=O) groups is 3. The van der Waals surface area contributed by atoms with E-state index in [0.717, 1.165) is 32.1 Å². The summed E-state index contributed by atoms with van der Waals surface area (Å²) in [5.41, 5.74) is 0.341. The first-order valence-corrected chi connectivity index (χ1v) is 15.6. The smallest absolute Gasteiger partial charge is 0.253 e. The number of anilines is 2. The highest BCUT2D eigenvalue weighted by Crippen LogP contribution is 2.29. The first kappa shape index (κ1) is 35.6. The standard InChI is InChI=1S/C33H56N2O5/c1-7-9-11-12-13-14-15-16-17-18-20-29(40-23-19-10-8-2)32(38)34-26-21-22-28(39-6)27(24-26)35-31(37)25-30(36)33(3,4)5/h21-22,24,29H,7-20,23,25H2,1-6H3,(H,34,38)(H,35,37). The molecule has 0 aliphatic rings.